The van der Waals surface area contributed by atoms with Crippen LogP contribution in [-0.4, -0.2) is 12.2 Å². The third-order valence-corrected chi connectivity index (χ3v) is 1.71. The summed E-state index contributed by atoms with van der Waals surface area (Å²) >= 11 is 0. The normalized spacial score (nSPS) is 16.9. The Morgan fingerprint density at radius 3 is 1.62 bits per heavy atom. The van der Waals surface area contributed by atoms with Gasteiger partial charge in [-0.25, -0.2) is 0 Å². The molecule has 0 spiro atoms. The van der Waals surface area contributed by atoms with Crippen LogP contribution < -0.4 is 0 Å². The van der Waals surface area contributed by atoms with Crippen LogP contribution in [0.1, 0.15) is 40.5 Å². The van der Waals surface area contributed by atoms with E-state index in [0.29, 0.717) is 0 Å². The van der Waals surface area contributed by atoms with E-state index in [0.717, 1.165) is 12.8 Å². The molecule has 0 heterocycles. The van der Waals surface area contributed by atoms with Crippen LogP contribution in [0.4, 0.5) is 0 Å². The maximum atomic E-state index is 5.68. The maximum absolute atomic E-state index is 5.68. The van der Waals surface area contributed by atoms with E-state index >= 15 is 0 Å². The number of ether oxygens (including phenoxy) is 1. The maximum Gasteiger partial charge on any atom is 0.0735 e. The van der Waals surface area contributed by atoms with Crippen molar-refractivity contribution in [2.45, 2.75) is 52.7 Å². The van der Waals surface area contributed by atoms with Crippen LogP contribution in [-0.2, 0) is 4.74 Å². The topological polar surface area (TPSA) is 9.23 Å². The quantitative estimate of drug-likeness (QED) is 0.569. The fourth-order valence-electron chi connectivity index (χ4n) is 1.08. The first-order chi connectivity index (χ1) is 6.20. The second kappa shape index (κ2) is 8.06. The highest BCUT2D eigenvalue weighted by Crippen LogP contribution is 2.02. The van der Waals surface area contributed by atoms with Gasteiger partial charge in [0.25, 0.3) is 0 Å². The van der Waals surface area contributed by atoms with Crippen LogP contribution in [0.25, 0.3) is 0 Å². The van der Waals surface area contributed by atoms with Crippen molar-refractivity contribution in [2.75, 3.05) is 0 Å². The van der Waals surface area contributed by atoms with Crippen LogP contribution >= 0.6 is 0 Å². The van der Waals surface area contributed by atoms with E-state index in [9.17, 15) is 0 Å². The molecule has 0 rings (SSSR count). The molecule has 0 aromatic rings. The van der Waals surface area contributed by atoms with Crippen LogP contribution in [0.15, 0.2) is 24.3 Å². The highest BCUT2D eigenvalue weighted by Gasteiger charge is 2.00. The van der Waals surface area contributed by atoms with Crippen LogP contribution in [0.2, 0.25) is 0 Å². The van der Waals surface area contributed by atoms with Gasteiger partial charge in [-0.2, -0.15) is 0 Å². The fraction of sp³-hybridized carbons (Fsp3) is 0.667. The molecule has 0 aromatic heterocycles. The third kappa shape index (κ3) is 7.79. The zero-order valence-corrected chi connectivity index (χ0v) is 9.29. The Labute approximate surface area is 82.5 Å². The monoisotopic (exact) mass is 182 g/mol. The lowest BCUT2D eigenvalue weighted by Crippen LogP contribution is -2.12. The van der Waals surface area contributed by atoms with Crippen molar-refractivity contribution in [1.29, 1.82) is 0 Å². The highest BCUT2D eigenvalue weighted by atomic mass is 16.5. The summed E-state index contributed by atoms with van der Waals surface area (Å²) in [6.07, 6.45) is 11.1. The summed E-state index contributed by atoms with van der Waals surface area (Å²) in [5.41, 5.74) is 0. The summed E-state index contributed by atoms with van der Waals surface area (Å²) in [7, 11) is 0. The van der Waals surface area contributed by atoms with Crippen molar-refractivity contribution >= 4 is 0 Å². The van der Waals surface area contributed by atoms with E-state index in [-0.39, 0.29) is 12.2 Å². The number of hydrogen-bond acceptors (Lipinski definition) is 1. The Kier molecular flexibility index (Phi) is 7.71. The molecule has 0 aliphatic rings. The highest BCUT2D eigenvalue weighted by molar-refractivity contribution is 4.91. The lowest BCUT2D eigenvalue weighted by molar-refractivity contribution is 0.0628. The molecule has 1 nitrogen and oxygen atoms in total. The van der Waals surface area contributed by atoms with Crippen LogP contribution in [0, 0.1) is 0 Å². The van der Waals surface area contributed by atoms with Crippen LogP contribution in [0.3, 0.4) is 0 Å². The predicted molar refractivity (Wildman–Crippen MR) is 58.9 cm³/mol. The molecule has 13 heavy (non-hydrogen) atoms. The first-order valence-electron chi connectivity index (χ1n) is 5.19. The Morgan fingerprint density at radius 1 is 0.923 bits per heavy atom. The number of hydrogen-bond donors (Lipinski definition) is 0. The molecule has 0 aromatic carbocycles. The molecule has 0 saturated carbocycles. The molecule has 2 unspecified atom stereocenters. The number of allylic oxidation sites excluding steroid dienone is 2. The number of rotatable bonds is 6. The van der Waals surface area contributed by atoms with Gasteiger partial charge in [0.2, 0.25) is 0 Å². The molecule has 0 aliphatic heterocycles. The lowest BCUT2D eigenvalue weighted by Gasteiger charge is -2.12. The summed E-state index contributed by atoms with van der Waals surface area (Å²) in [5, 5.41) is 0. The van der Waals surface area contributed by atoms with E-state index in [4.69, 9.17) is 4.74 Å². The smallest absolute Gasteiger partial charge is 0.0735 e. The van der Waals surface area contributed by atoms with E-state index in [2.05, 4.69) is 52.0 Å². The Balaban J connectivity index is 3.70. The zero-order valence-electron chi connectivity index (χ0n) is 9.29. The molecule has 2 atom stereocenters. The van der Waals surface area contributed by atoms with Crippen molar-refractivity contribution in [3.8, 4) is 0 Å². The molecular weight excluding hydrogens is 160 g/mol. The Morgan fingerprint density at radius 2 is 1.31 bits per heavy atom. The summed E-state index contributed by atoms with van der Waals surface area (Å²) in [6.45, 7) is 8.40. The summed E-state index contributed by atoms with van der Waals surface area (Å²) in [5.74, 6) is 0. The van der Waals surface area contributed by atoms with E-state index in [1.807, 2.05) is 0 Å². The average Bonchev–Trinajstić information content (AvgIpc) is 2.11. The SMILES string of the molecule is CCC=CC(C)OC(C)C=CCC. The van der Waals surface area contributed by atoms with E-state index in [1.165, 1.54) is 0 Å². The molecule has 0 fully saturated rings. The van der Waals surface area contributed by atoms with Crippen LogP contribution in [0.5, 0.6) is 0 Å². The summed E-state index contributed by atoms with van der Waals surface area (Å²) in [4.78, 5) is 0. The lowest BCUT2D eigenvalue weighted by atomic mass is 10.3. The summed E-state index contributed by atoms with van der Waals surface area (Å²) in [6, 6.07) is 0. The second-order valence-electron chi connectivity index (χ2n) is 3.22. The van der Waals surface area contributed by atoms with Gasteiger partial charge in [0, 0.05) is 0 Å². The Bertz CT molecular complexity index is 141. The first-order valence-corrected chi connectivity index (χ1v) is 5.19. The van der Waals surface area contributed by atoms with E-state index in [1.54, 1.807) is 0 Å². The molecule has 0 bridgehead atoms. The van der Waals surface area contributed by atoms with Gasteiger partial charge in [-0.3, -0.25) is 0 Å². The summed E-state index contributed by atoms with van der Waals surface area (Å²) < 4.78 is 5.68. The van der Waals surface area contributed by atoms with Gasteiger partial charge in [-0.1, -0.05) is 38.2 Å². The molecule has 0 aliphatic carbocycles. The average molecular weight is 182 g/mol. The fourth-order valence-corrected chi connectivity index (χ4v) is 1.08. The largest absolute Gasteiger partial charge is 0.367 e. The molecule has 1 heteroatoms. The van der Waals surface area contributed by atoms with Gasteiger partial charge >= 0.3 is 0 Å². The van der Waals surface area contributed by atoms with E-state index < -0.39 is 0 Å². The van der Waals surface area contributed by atoms with Gasteiger partial charge in [0.15, 0.2) is 0 Å². The van der Waals surface area contributed by atoms with Crippen molar-refractivity contribution < 1.29 is 4.74 Å². The molecule has 0 radical (unpaired) electrons. The molecule has 0 amide bonds. The minimum Gasteiger partial charge on any atom is -0.367 e. The standard InChI is InChI=1S/C12H22O/c1-5-7-9-11(3)13-12(4)10-8-6-2/h7-12H,5-6H2,1-4H3. The third-order valence-electron chi connectivity index (χ3n) is 1.71. The first kappa shape index (κ1) is 12.4. The van der Waals surface area contributed by atoms with Gasteiger partial charge in [0.1, 0.15) is 0 Å². The van der Waals surface area contributed by atoms with Crippen molar-refractivity contribution in [1.82, 2.24) is 0 Å². The van der Waals surface area contributed by atoms with Gasteiger partial charge < -0.3 is 4.74 Å². The van der Waals surface area contributed by atoms with Gasteiger partial charge in [-0.05, 0) is 26.7 Å². The van der Waals surface area contributed by atoms with Gasteiger partial charge in [0.05, 0.1) is 12.2 Å². The molecule has 76 valence electrons. The zero-order chi connectivity index (χ0) is 10.1. The molecular formula is C12H22O. The minimum atomic E-state index is 0.219. The Hall–Kier alpha value is -0.560. The molecule has 0 N–H and O–H groups in total. The predicted octanol–water partition coefficient (Wildman–Crippen LogP) is 3.71. The molecule has 0 saturated heterocycles. The minimum absolute atomic E-state index is 0.219. The van der Waals surface area contributed by atoms with Crippen molar-refractivity contribution in [2.24, 2.45) is 0 Å². The van der Waals surface area contributed by atoms with Crippen molar-refractivity contribution in [3.05, 3.63) is 24.3 Å². The van der Waals surface area contributed by atoms with Gasteiger partial charge in [-0.15, -0.1) is 0 Å². The second-order valence-corrected chi connectivity index (χ2v) is 3.22. The van der Waals surface area contributed by atoms with Crippen molar-refractivity contribution in [3.63, 3.8) is 0 Å².